The highest BCUT2D eigenvalue weighted by Gasteiger charge is 2.33. The maximum absolute atomic E-state index is 13.0. The van der Waals surface area contributed by atoms with Crippen molar-refractivity contribution in [3.63, 3.8) is 0 Å². The molecule has 1 fully saturated rings. The van der Waals surface area contributed by atoms with Crippen LogP contribution >= 0.6 is 0 Å². The van der Waals surface area contributed by atoms with E-state index in [2.05, 4.69) is 27.2 Å². The van der Waals surface area contributed by atoms with Gasteiger partial charge in [-0.2, -0.15) is 5.10 Å². The molecular weight excluding hydrogens is 352 g/mol. The van der Waals surface area contributed by atoms with Crippen molar-refractivity contribution in [1.82, 2.24) is 24.6 Å². The lowest BCUT2D eigenvalue weighted by Crippen LogP contribution is -2.31. The van der Waals surface area contributed by atoms with Gasteiger partial charge in [-0.1, -0.05) is 30.3 Å². The number of nitrogens with two attached hydrogens (primary N) is 1. The third-order valence-electron chi connectivity index (χ3n) is 5.21. The van der Waals surface area contributed by atoms with E-state index in [4.69, 9.17) is 5.73 Å². The first-order chi connectivity index (χ1) is 13.6. The lowest BCUT2D eigenvalue weighted by Gasteiger charge is -2.26. The minimum atomic E-state index is -0.0798. The molecule has 7 nitrogen and oxygen atoms in total. The SMILES string of the molecule is Cn1cc(-c2cnc(N)nc2[C@H]2CCCN2C(=O)CCc2ccccc2)cn1. The Bertz CT molecular complexity index is 968. The first-order valence-electron chi connectivity index (χ1n) is 9.56. The highest BCUT2D eigenvalue weighted by atomic mass is 16.2. The smallest absolute Gasteiger partial charge is 0.223 e. The Kier molecular flexibility index (Phi) is 5.06. The average Bonchev–Trinajstić information content (AvgIpc) is 3.36. The van der Waals surface area contributed by atoms with Crippen LogP contribution in [0.4, 0.5) is 5.95 Å². The zero-order chi connectivity index (χ0) is 19.5. The number of aryl methyl sites for hydroxylation is 2. The summed E-state index contributed by atoms with van der Waals surface area (Å²) in [6, 6.07) is 10.0. The number of carbonyl (C=O) groups is 1. The molecule has 0 bridgehead atoms. The molecule has 0 spiro atoms. The first-order valence-corrected chi connectivity index (χ1v) is 9.56. The highest BCUT2D eigenvalue weighted by Crippen LogP contribution is 2.37. The van der Waals surface area contributed by atoms with Crippen molar-refractivity contribution in [2.24, 2.45) is 7.05 Å². The van der Waals surface area contributed by atoms with E-state index in [0.29, 0.717) is 6.42 Å². The van der Waals surface area contributed by atoms with Crippen LogP contribution in [0.15, 0.2) is 48.9 Å². The molecule has 1 amide bonds. The maximum atomic E-state index is 13.0. The summed E-state index contributed by atoms with van der Waals surface area (Å²) >= 11 is 0. The summed E-state index contributed by atoms with van der Waals surface area (Å²) in [6.45, 7) is 0.745. The molecule has 0 saturated carbocycles. The van der Waals surface area contributed by atoms with Crippen LogP contribution in [0.25, 0.3) is 11.1 Å². The molecule has 7 heteroatoms. The third-order valence-corrected chi connectivity index (χ3v) is 5.21. The van der Waals surface area contributed by atoms with Crippen molar-refractivity contribution < 1.29 is 4.79 Å². The van der Waals surface area contributed by atoms with Crippen LogP contribution in [-0.2, 0) is 18.3 Å². The van der Waals surface area contributed by atoms with Crippen molar-refractivity contribution >= 4 is 11.9 Å². The average molecular weight is 376 g/mol. The third kappa shape index (κ3) is 3.74. The van der Waals surface area contributed by atoms with Crippen LogP contribution in [0.3, 0.4) is 0 Å². The Balaban J connectivity index is 1.58. The van der Waals surface area contributed by atoms with E-state index >= 15 is 0 Å². The van der Waals surface area contributed by atoms with Crippen molar-refractivity contribution in [2.75, 3.05) is 12.3 Å². The molecule has 1 saturated heterocycles. The minimum Gasteiger partial charge on any atom is -0.368 e. The zero-order valence-electron chi connectivity index (χ0n) is 16.0. The molecule has 1 aliphatic rings. The van der Waals surface area contributed by atoms with Gasteiger partial charge in [0.15, 0.2) is 0 Å². The number of rotatable bonds is 5. The zero-order valence-corrected chi connectivity index (χ0v) is 16.0. The fourth-order valence-corrected chi connectivity index (χ4v) is 3.84. The van der Waals surface area contributed by atoms with Gasteiger partial charge in [0, 0.05) is 43.5 Å². The number of amides is 1. The number of aromatic nitrogens is 4. The van der Waals surface area contributed by atoms with Gasteiger partial charge in [0.2, 0.25) is 11.9 Å². The number of benzene rings is 1. The van der Waals surface area contributed by atoms with Crippen LogP contribution in [0.2, 0.25) is 0 Å². The second-order valence-electron chi connectivity index (χ2n) is 7.16. The molecule has 2 N–H and O–H groups in total. The van der Waals surface area contributed by atoms with E-state index < -0.39 is 0 Å². The van der Waals surface area contributed by atoms with E-state index in [1.54, 1.807) is 17.1 Å². The molecule has 0 radical (unpaired) electrons. The normalized spacial score (nSPS) is 16.5. The van der Waals surface area contributed by atoms with Crippen LogP contribution < -0.4 is 5.73 Å². The predicted octanol–water partition coefficient (Wildman–Crippen LogP) is 2.76. The van der Waals surface area contributed by atoms with E-state index in [-0.39, 0.29) is 17.9 Å². The van der Waals surface area contributed by atoms with Gasteiger partial charge in [0.05, 0.1) is 17.9 Å². The monoisotopic (exact) mass is 376 g/mol. The summed E-state index contributed by atoms with van der Waals surface area (Å²) in [5.74, 6) is 0.381. The number of carbonyl (C=O) groups excluding carboxylic acids is 1. The molecular formula is C21H24N6O. The Morgan fingerprint density at radius 1 is 1.25 bits per heavy atom. The van der Waals surface area contributed by atoms with Crippen molar-refractivity contribution in [3.05, 3.63) is 60.2 Å². The van der Waals surface area contributed by atoms with Crippen LogP contribution in [0, 0.1) is 0 Å². The van der Waals surface area contributed by atoms with Crippen LogP contribution in [0.1, 0.15) is 36.6 Å². The number of hydrogen-bond acceptors (Lipinski definition) is 5. The second kappa shape index (κ2) is 7.80. The molecule has 0 unspecified atom stereocenters. The molecule has 1 aromatic carbocycles. The second-order valence-corrected chi connectivity index (χ2v) is 7.16. The molecule has 28 heavy (non-hydrogen) atoms. The molecule has 0 aliphatic carbocycles. The van der Waals surface area contributed by atoms with E-state index in [0.717, 1.165) is 42.6 Å². The molecule has 4 rings (SSSR count). The topological polar surface area (TPSA) is 89.9 Å². The summed E-state index contributed by atoms with van der Waals surface area (Å²) in [6.07, 6.45) is 8.51. The Morgan fingerprint density at radius 2 is 2.07 bits per heavy atom. The molecule has 144 valence electrons. The predicted molar refractivity (Wildman–Crippen MR) is 107 cm³/mol. The summed E-state index contributed by atoms with van der Waals surface area (Å²) in [4.78, 5) is 23.6. The molecule has 3 aromatic rings. The molecule has 1 atom stereocenters. The quantitative estimate of drug-likeness (QED) is 0.739. The van der Waals surface area contributed by atoms with E-state index in [9.17, 15) is 4.79 Å². The van der Waals surface area contributed by atoms with Gasteiger partial charge in [0.25, 0.3) is 0 Å². The molecule has 1 aliphatic heterocycles. The minimum absolute atomic E-state index is 0.0798. The van der Waals surface area contributed by atoms with E-state index in [1.165, 1.54) is 5.56 Å². The fourth-order valence-electron chi connectivity index (χ4n) is 3.84. The van der Waals surface area contributed by atoms with Gasteiger partial charge in [-0.25, -0.2) is 9.97 Å². The van der Waals surface area contributed by atoms with Gasteiger partial charge in [-0.3, -0.25) is 9.48 Å². The number of anilines is 1. The van der Waals surface area contributed by atoms with Gasteiger partial charge in [-0.15, -0.1) is 0 Å². The van der Waals surface area contributed by atoms with Gasteiger partial charge < -0.3 is 10.6 Å². The number of likely N-dealkylation sites (tertiary alicyclic amines) is 1. The number of nitrogen functional groups attached to an aromatic ring is 1. The van der Waals surface area contributed by atoms with Crippen molar-refractivity contribution in [2.45, 2.75) is 31.7 Å². The molecule has 3 heterocycles. The largest absolute Gasteiger partial charge is 0.368 e. The molecule has 2 aromatic heterocycles. The fraction of sp³-hybridized carbons (Fsp3) is 0.333. The Labute approximate surface area is 164 Å². The summed E-state index contributed by atoms with van der Waals surface area (Å²) in [5, 5.41) is 4.25. The Hall–Kier alpha value is -3.22. The summed E-state index contributed by atoms with van der Waals surface area (Å²) < 4.78 is 1.74. The standard InChI is InChI=1S/C21H24N6O/c1-26-14-16(12-24-26)17-13-23-21(22)25-20(17)18-8-5-11-27(18)19(28)10-9-15-6-3-2-4-7-15/h2-4,6-7,12-14,18H,5,8-11H2,1H3,(H2,22,23,25)/t18-/m1/s1. The van der Waals surface area contributed by atoms with E-state index in [1.807, 2.05) is 36.3 Å². The van der Waals surface area contributed by atoms with Crippen molar-refractivity contribution in [3.8, 4) is 11.1 Å². The first kappa shape index (κ1) is 18.2. The number of hydrogen-bond donors (Lipinski definition) is 1. The van der Waals surface area contributed by atoms with Gasteiger partial charge >= 0.3 is 0 Å². The van der Waals surface area contributed by atoms with Crippen LogP contribution in [0.5, 0.6) is 0 Å². The number of nitrogens with zero attached hydrogens (tertiary/aromatic N) is 5. The maximum Gasteiger partial charge on any atom is 0.223 e. The van der Waals surface area contributed by atoms with Gasteiger partial charge in [-0.05, 0) is 24.8 Å². The summed E-state index contributed by atoms with van der Waals surface area (Å²) in [7, 11) is 1.87. The van der Waals surface area contributed by atoms with Gasteiger partial charge in [0.1, 0.15) is 0 Å². The lowest BCUT2D eigenvalue weighted by molar-refractivity contribution is -0.132. The summed E-state index contributed by atoms with van der Waals surface area (Å²) in [5.41, 5.74) is 9.69. The lowest BCUT2D eigenvalue weighted by atomic mass is 10.0. The Morgan fingerprint density at radius 3 is 2.82 bits per heavy atom. The highest BCUT2D eigenvalue weighted by molar-refractivity contribution is 5.78. The van der Waals surface area contributed by atoms with Crippen molar-refractivity contribution in [1.29, 1.82) is 0 Å². The van der Waals surface area contributed by atoms with Crippen LogP contribution in [-0.4, -0.2) is 37.1 Å².